The zero-order valence-corrected chi connectivity index (χ0v) is 15.4. The van der Waals surface area contributed by atoms with Crippen molar-refractivity contribution in [2.24, 2.45) is 0 Å². The Kier molecular flexibility index (Phi) is 5.38. The van der Waals surface area contributed by atoms with Gasteiger partial charge in [0.15, 0.2) is 0 Å². The first kappa shape index (κ1) is 18.5. The highest BCUT2D eigenvalue weighted by atomic mass is 32.2. The molecule has 138 valence electrons. The second kappa shape index (κ2) is 7.55. The topological polar surface area (TPSA) is 66.5 Å². The Labute approximate surface area is 152 Å². The second-order valence-electron chi connectivity index (χ2n) is 6.22. The van der Waals surface area contributed by atoms with E-state index < -0.39 is 15.8 Å². The van der Waals surface area contributed by atoms with E-state index in [1.807, 2.05) is 6.92 Å². The number of fused-ring (bicyclic) bond motifs is 1. The van der Waals surface area contributed by atoms with Gasteiger partial charge >= 0.3 is 0 Å². The van der Waals surface area contributed by atoms with Crippen LogP contribution in [0.4, 0.5) is 10.1 Å². The highest BCUT2D eigenvalue weighted by Crippen LogP contribution is 2.32. The fraction of sp³-hybridized carbons (Fsp3) is 0.316. The predicted molar refractivity (Wildman–Crippen MR) is 97.8 cm³/mol. The molecule has 7 heteroatoms. The lowest BCUT2D eigenvalue weighted by molar-refractivity contribution is -0.118. The highest BCUT2D eigenvalue weighted by Gasteiger charge is 2.27. The molecule has 1 aliphatic heterocycles. The van der Waals surface area contributed by atoms with Gasteiger partial charge in [0.1, 0.15) is 5.82 Å². The second-order valence-corrected chi connectivity index (χ2v) is 7.99. The van der Waals surface area contributed by atoms with Crippen LogP contribution >= 0.6 is 0 Å². The van der Waals surface area contributed by atoms with Gasteiger partial charge in [0.05, 0.1) is 4.90 Å². The fourth-order valence-electron chi connectivity index (χ4n) is 3.11. The molecule has 2 aromatic carbocycles. The third-order valence-electron chi connectivity index (χ3n) is 4.43. The van der Waals surface area contributed by atoms with Gasteiger partial charge in [-0.1, -0.05) is 31.2 Å². The number of hydrogen-bond donors (Lipinski definition) is 1. The van der Waals surface area contributed by atoms with Crippen molar-refractivity contribution in [2.75, 3.05) is 11.4 Å². The van der Waals surface area contributed by atoms with Crippen LogP contribution in [0.5, 0.6) is 0 Å². The molecule has 26 heavy (non-hydrogen) atoms. The van der Waals surface area contributed by atoms with E-state index in [0.29, 0.717) is 24.2 Å². The Morgan fingerprint density at radius 2 is 1.85 bits per heavy atom. The zero-order valence-electron chi connectivity index (χ0n) is 14.5. The largest absolute Gasteiger partial charge is 0.312 e. The van der Waals surface area contributed by atoms with Crippen LogP contribution in [0.1, 0.15) is 30.9 Å². The zero-order chi connectivity index (χ0) is 18.7. The summed E-state index contributed by atoms with van der Waals surface area (Å²) in [7, 11) is -3.71. The highest BCUT2D eigenvalue weighted by molar-refractivity contribution is 7.89. The monoisotopic (exact) mass is 376 g/mol. The summed E-state index contributed by atoms with van der Waals surface area (Å²) >= 11 is 0. The van der Waals surface area contributed by atoms with Crippen LogP contribution in [0.3, 0.4) is 0 Å². The van der Waals surface area contributed by atoms with Gasteiger partial charge in [-0.15, -0.1) is 0 Å². The van der Waals surface area contributed by atoms with Crippen molar-refractivity contribution in [3.63, 3.8) is 0 Å². The molecular formula is C19H21FN2O3S. The van der Waals surface area contributed by atoms with E-state index in [9.17, 15) is 17.6 Å². The Morgan fingerprint density at radius 1 is 1.12 bits per heavy atom. The summed E-state index contributed by atoms with van der Waals surface area (Å²) in [6.45, 7) is 2.37. The number of halogens is 1. The number of nitrogens with zero attached hydrogens (tertiary/aromatic N) is 1. The van der Waals surface area contributed by atoms with Crippen molar-refractivity contribution in [2.45, 2.75) is 37.6 Å². The summed E-state index contributed by atoms with van der Waals surface area (Å²) in [5.41, 5.74) is 1.35. The first-order valence-corrected chi connectivity index (χ1v) is 10.1. The minimum absolute atomic E-state index is 0.00344. The first-order chi connectivity index (χ1) is 12.4. The maximum absolute atomic E-state index is 14.9. The molecule has 0 saturated carbocycles. The lowest BCUT2D eigenvalue weighted by Gasteiger charge is -2.30. The Balaban J connectivity index is 1.84. The average molecular weight is 376 g/mol. The van der Waals surface area contributed by atoms with E-state index >= 15 is 0 Å². The molecule has 0 unspecified atom stereocenters. The molecule has 0 saturated heterocycles. The predicted octanol–water partition coefficient (Wildman–Crippen LogP) is 2.99. The number of rotatable bonds is 6. The number of nitrogens with one attached hydrogen (secondary N) is 1. The molecule has 1 amide bonds. The van der Waals surface area contributed by atoms with Gasteiger partial charge in [0.2, 0.25) is 15.9 Å². The van der Waals surface area contributed by atoms with Gasteiger partial charge in [-0.05, 0) is 31.0 Å². The molecule has 0 fully saturated rings. The van der Waals surface area contributed by atoms with Crippen LogP contribution in [0.25, 0.3) is 0 Å². The molecule has 1 heterocycles. The van der Waals surface area contributed by atoms with E-state index in [1.165, 1.54) is 12.1 Å². The van der Waals surface area contributed by atoms with Gasteiger partial charge in [-0.2, -0.15) is 0 Å². The van der Waals surface area contributed by atoms with Crippen LogP contribution in [0.15, 0.2) is 47.4 Å². The minimum Gasteiger partial charge on any atom is -0.312 e. The molecule has 0 radical (unpaired) electrons. The normalized spacial score (nSPS) is 14.4. The molecule has 0 spiro atoms. The standard InChI is InChI=1S/C19H21FN2O3S/c1-2-12-22-17-10-8-14(19(20)16(17)9-11-18(22)23)13-21-26(24,25)15-6-4-3-5-7-15/h3-8,10,21H,2,9,11-13H2,1H3. The number of carbonyl (C=O) groups excluding carboxylic acids is 1. The molecule has 5 nitrogen and oxygen atoms in total. The maximum Gasteiger partial charge on any atom is 0.240 e. The minimum atomic E-state index is -3.71. The molecule has 2 aromatic rings. The molecular weight excluding hydrogens is 355 g/mol. The van der Waals surface area contributed by atoms with E-state index in [1.54, 1.807) is 35.2 Å². The Morgan fingerprint density at radius 3 is 2.54 bits per heavy atom. The number of carbonyl (C=O) groups is 1. The maximum atomic E-state index is 14.9. The molecule has 0 bridgehead atoms. The van der Waals surface area contributed by atoms with Crippen LogP contribution in [-0.2, 0) is 27.8 Å². The lowest BCUT2D eigenvalue weighted by Crippen LogP contribution is -2.36. The van der Waals surface area contributed by atoms with E-state index in [0.717, 1.165) is 6.42 Å². The molecule has 0 atom stereocenters. The van der Waals surface area contributed by atoms with Crippen LogP contribution in [0, 0.1) is 5.82 Å². The molecule has 0 aliphatic carbocycles. The quantitative estimate of drug-likeness (QED) is 0.843. The van der Waals surface area contributed by atoms with Crippen LogP contribution in [0.2, 0.25) is 0 Å². The van der Waals surface area contributed by atoms with E-state index in [-0.39, 0.29) is 29.3 Å². The summed E-state index contributed by atoms with van der Waals surface area (Å²) in [5.74, 6) is -0.442. The van der Waals surface area contributed by atoms with Crippen molar-refractivity contribution in [1.29, 1.82) is 0 Å². The van der Waals surface area contributed by atoms with Gasteiger partial charge in [-0.25, -0.2) is 17.5 Å². The van der Waals surface area contributed by atoms with Crippen LogP contribution < -0.4 is 9.62 Å². The van der Waals surface area contributed by atoms with Gasteiger partial charge < -0.3 is 4.90 Å². The number of sulfonamides is 1. The molecule has 1 aliphatic rings. The third-order valence-corrected chi connectivity index (χ3v) is 5.85. The van der Waals surface area contributed by atoms with Crippen molar-refractivity contribution >= 4 is 21.6 Å². The first-order valence-electron chi connectivity index (χ1n) is 8.59. The number of hydrogen-bond acceptors (Lipinski definition) is 3. The molecule has 0 aromatic heterocycles. The fourth-order valence-corrected chi connectivity index (χ4v) is 4.14. The van der Waals surface area contributed by atoms with Gasteiger partial charge in [0, 0.05) is 36.3 Å². The van der Waals surface area contributed by atoms with Crippen molar-refractivity contribution in [1.82, 2.24) is 4.72 Å². The smallest absolute Gasteiger partial charge is 0.240 e. The molecule has 1 N–H and O–H groups in total. The Bertz CT molecular complexity index is 914. The van der Waals surface area contributed by atoms with Crippen molar-refractivity contribution in [3.05, 3.63) is 59.4 Å². The summed E-state index contributed by atoms with van der Waals surface area (Å²) in [5, 5.41) is 0. The number of amides is 1. The summed E-state index contributed by atoms with van der Waals surface area (Å²) in [6, 6.07) is 11.2. The SMILES string of the molecule is CCCN1C(=O)CCc2c1ccc(CNS(=O)(=O)c1ccccc1)c2F. The third kappa shape index (κ3) is 3.64. The van der Waals surface area contributed by atoms with Gasteiger partial charge in [-0.3, -0.25) is 4.79 Å². The summed E-state index contributed by atoms with van der Waals surface area (Å²) < 4.78 is 41.9. The van der Waals surface area contributed by atoms with Gasteiger partial charge in [0.25, 0.3) is 0 Å². The van der Waals surface area contributed by atoms with E-state index in [2.05, 4.69) is 4.72 Å². The lowest BCUT2D eigenvalue weighted by atomic mass is 9.97. The average Bonchev–Trinajstić information content (AvgIpc) is 2.64. The van der Waals surface area contributed by atoms with E-state index in [4.69, 9.17) is 0 Å². The van der Waals surface area contributed by atoms with Crippen molar-refractivity contribution < 1.29 is 17.6 Å². The summed E-state index contributed by atoms with van der Waals surface area (Å²) in [6.07, 6.45) is 1.38. The van der Waals surface area contributed by atoms with Crippen molar-refractivity contribution in [3.8, 4) is 0 Å². The van der Waals surface area contributed by atoms with Crippen LogP contribution in [-0.4, -0.2) is 20.9 Å². The molecule has 3 rings (SSSR count). The number of anilines is 1. The summed E-state index contributed by atoms with van der Waals surface area (Å²) in [4.78, 5) is 13.8. The number of benzene rings is 2. The Hall–Kier alpha value is -2.25.